The van der Waals surface area contributed by atoms with Crippen LogP contribution in [0.5, 0.6) is 6.01 Å². The second kappa shape index (κ2) is 4.94. The summed E-state index contributed by atoms with van der Waals surface area (Å²) >= 11 is 0. The van der Waals surface area contributed by atoms with Crippen molar-refractivity contribution in [3.63, 3.8) is 0 Å². The number of hydrogen-bond acceptors (Lipinski definition) is 7. The van der Waals surface area contributed by atoms with Crippen molar-refractivity contribution in [3.05, 3.63) is 6.20 Å². The Bertz CT molecular complexity index is 537. The van der Waals surface area contributed by atoms with Crippen molar-refractivity contribution in [1.82, 2.24) is 29.9 Å². The van der Waals surface area contributed by atoms with Crippen molar-refractivity contribution in [2.75, 3.05) is 5.73 Å². The van der Waals surface area contributed by atoms with Gasteiger partial charge in [0.05, 0.1) is 12.3 Å². The van der Waals surface area contributed by atoms with Crippen LogP contribution in [0.25, 0.3) is 11.5 Å². The molecule has 2 rings (SSSR count). The highest BCUT2D eigenvalue weighted by molar-refractivity contribution is 5.49. The van der Waals surface area contributed by atoms with Crippen molar-refractivity contribution in [2.24, 2.45) is 0 Å². The van der Waals surface area contributed by atoms with Crippen LogP contribution in [0.3, 0.4) is 0 Å². The Kier molecular flexibility index (Phi) is 3.35. The minimum Gasteiger partial charge on any atom is -0.461 e. The lowest BCUT2D eigenvalue weighted by Gasteiger charge is -2.09. The molecule has 0 aliphatic rings. The van der Waals surface area contributed by atoms with Crippen LogP contribution in [0, 0.1) is 0 Å². The average molecular weight is 249 g/mol. The molecular formula is C10H15N7O. The summed E-state index contributed by atoms with van der Waals surface area (Å²) in [6, 6.07) is 0.205. The molecule has 0 spiro atoms. The molecule has 0 unspecified atom stereocenters. The molecule has 0 amide bonds. The number of rotatable bonds is 4. The third kappa shape index (κ3) is 2.53. The third-order valence-corrected chi connectivity index (χ3v) is 2.12. The van der Waals surface area contributed by atoms with E-state index < -0.39 is 0 Å². The molecule has 18 heavy (non-hydrogen) atoms. The first-order valence-corrected chi connectivity index (χ1v) is 5.67. The fraction of sp³-hybridized carbons (Fsp3) is 0.500. The molecule has 8 heteroatoms. The standard InChI is InChI=1S/C10H15N7O/c1-4-17-7(5-12-16-17)8-13-9(11)15-10(14-8)18-6(2)3/h5-6H,4H2,1-3H3,(H2,11,13,14,15). The van der Waals surface area contributed by atoms with E-state index in [0.717, 1.165) is 0 Å². The number of ether oxygens (including phenoxy) is 1. The summed E-state index contributed by atoms with van der Waals surface area (Å²) in [5.74, 6) is 0.518. The summed E-state index contributed by atoms with van der Waals surface area (Å²) in [6.45, 7) is 6.39. The van der Waals surface area contributed by atoms with Gasteiger partial charge in [-0.25, -0.2) is 4.68 Å². The van der Waals surface area contributed by atoms with Crippen LogP contribution in [0.15, 0.2) is 6.20 Å². The molecule has 0 fully saturated rings. The molecule has 2 heterocycles. The van der Waals surface area contributed by atoms with Crippen LogP contribution in [0.4, 0.5) is 5.95 Å². The molecule has 96 valence electrons. The molecule has 0 radical (unpaired) electrons. The molecule has 2 aromatic heterocycles. The summed E-state index contributed by atoms with van der Waals surface area (Å²) in [7, 11) is 0. The topological polar surface area (TPSA) is 105 Å². The summed E-state index contributed by atoms with van der Waals surface area (Å²) in [5.41, 5.74) is 6.32. The van der Waals surface area contributed by atoms with Gasteiger partial charge in [0, 0.05) is 6.54 Å². The number of hydrogen-bond donors (Lipinski definition) is 1. The Balaban J connectivity index is 2.42. The minimum atomic E-state index is -0.0335. The SMILES string of the molecule is CCn1nncc1-c1nc(N)nc(OC(C)C)n1. The molecule has 8 nitrogen and oxygen atoms in total. The fourth-order valence-electron chi connectivity index (χ4n) is 1.41. The monoisotopic (exact) mass is 249 g/mol. The molecule has 0 saturated carbocycles. The molecule has 0 aliphatic carbocycles. The van der Waals surface area contributed by atoms with Gasteiger partial charge in [0.2, 0.25) is 5.95 Å². The van der Waals surface area contributed by atoms with E-state index in [2.05, 4.69) is 25.3 Å². The number of nitrogens with two attached hydrogens (primary N) is 1. The van der Waals surface area contributed by atoms with Gasteiger partial charge in [-0.05, 0) is 20.8 Å². The number of nitrogen functional groups attached to an aromatic ring is 1. The molecule has 0 bridgehead atoms. The minimum absolute atomic E-state index is 0.0335. The smallest absolute Gasteiger partial charge is 0.322 e. The van der Waals surface area contributed by atoms with Gasteiger partial charge in [-0.2, -0.15) is 15.0 Å². The van der Waals surface area contributed by atoms with Crippen molar-refractivity contribution in [3.8, 4) is 17.5 Å². The fourth-order valence-corrected chi connectivity index (χ4v) is 1.41. The molecule has 2 N–H and O–H groups in total. The zero-order valence-corrected chi connectivity index (χ0v) is 10.5. The Morgan fingerprint density at radius 2 is 2.11 bits per heavy atom. The number of aryl methyl sites for hydroxylation is 1. The molecular weight excluding hydrogens is 234 g/mol. The largest absolute Gasteiger partial charge is 0.461 e. The first-order valence-electron chi connectivity index (χ1n) is 5.67. The molecule has 2 aromatic rings. The zero-order valence-electron chi connectivity index (χ0n) is 10.5. The van der Waals surface area contributed by atoms with Gasteiger partial charge < -0.3 is 10.5 Å². The quantitative estimate of drug-likeness (QED) is 0.842. The van der Waals surface area contributed by atoms with Crippen LogP contribution in [-0.2, 0) is 6.54 Å². The van der Waals surface area contributed by atoms with E-state index in [4.69, 9.17) is 10.5 Å². The van der Waals surface area contributed by atoms with E-state index in [1.807, 2.05) is 20.8 Å². The van der Waals surface area contributed by atoms with Crippen LogP contribution in [0.1, 0.15) is 20.8 Å². The maximum absolute atomic E-state index is 5.64. The highest BCUT2D eigenvalue weighted by Gasteiger charge is 2.13. The maximum Gasteiger partial charge on any atom is 0.322 e. The Morgan fingerprint density at radius 3 is 2.78 bits per heavy atom. The zero-order chi connectivity index (χ0) is 13.1. The molecule has 0 aliphatic heterocycles. The van der Waals surface area contributed by atoms with E-state index in [9.17, 15) is 0 Å². The Hall–Kier alpha value is -2.25. The molecule has 0 saturated heterocycles. The van der Waals surface area contributed by atoms with Gasteiger partial charge in [0.15, 0.2) is 5.82 Å². The summed E-state index contributed by atoms with van der Waals surface area (Å²) in [5, 5.41) is 7.74. The van der Waals surface area contributed by atoms with Crippen LogP contribution >= 0.6 is 0 Å². The van der Waals surface area contributed by atoms with Gasteiger partial charge in [0.1, 0.15) is 5.69 Å². The number of nitrogens with zero attached hydrogens (tertiary/aromatic N) is 6. The summed E-state index contributed by atoms with van der Waals surface area (Å²) < 4.78 is 7.09. The van der Waals surface area contributed by atoms with Crippen LogP contribution < -0.4 is 10.5 Å². The predicted octanol–water partition coefficient (Wildman–Crippen LogP) is 0.519. The van der Waals surface area contributed by atoms with Gasteiger partial charge in [0.25, 0.3) is 0 Å². The van der Waals surface area contributed by atoms with E-state index in [-0.39, 0.29) is 18.1 Å². The van der Waals surface area contributed by atoms with Gasteiger partial charge in [-0.3, -0.25) is 0 Å². The van der Waals surface area contributed by atoms with E-state index in [1.165, 1.54) is 0 Å². The number of aromatic nitrogens is 6. The van der Waals surface area contributed by atoms with Crippen LogP contribution in [-0.4, -0.2) is 36.0 Å². The second-order valence-corrected chi connectivity index (χ2v) is 3.90. The lowest BCUT2D eigenvalue weighted by Crippen LogP contribution is -2.12. The van der Waals surface area contributed by atoms with E-state index in [0.29, 0.717) is 18.1 Å². The van der Waals surface area contributed by atoms with E-state index in [1.54, 1.807) is 10.9 Å². The normalized spacial score (nSPS) is 10.9. The van der Waals surface area contributed by atoms with Crippen molar-refractivity contribution < 1.29 is 4.74 Å². The molecule has 0 atom stereocenters. The van der Waals surface area contributed by atoms with Crippen molar-refractivity contribution >= 4 is 5.95 Å². The van der Waals surface area contributed by atoms with Gasteiger partial charge in [-0.1, -0.05) is 5.21 Å². The van der Waals surface area contributed by atoms with Crippen LogP contribution in [0.2, 0.25) is 0 Å². The Morgan fingerprint density at radius 1 is 1.33 bits per heavy atom. The molecule has 0 aromatic carbocycles. The summed E-state index contributed by atoms with van der Waals surface area (Å²) in [4.78, 5) is 12.2. The average Bonchev–Trinajstić information content (AvgIpc) is 2.75. The first-order chi connectivity index (χ1) is 8.60. The summed E-state index contributed by atoms with van der Waals surface area (Å²) in [6.07, 6.45) is 1.55. The highest BCUT2D eigenvalue weighted by atomic mass is 16.5. The van der Waals surface area contributed by atoms with E-state index >= 15 is 0 Å². The van der Waals surface area contributed by atoms with Crippen molar-refractivity contribution in [2.45, 2.75) is 33.4 Å². The Labute approximate surface area is 104 Å². The van der Waals surface area contributed by atoms with Crippen molar-refractivity contribution in [1.29, 1.82) is 0 Å². The maximum atomic E-state index is 5.64. The van der Waals surface area contributed by atoms with Gasteiger partial charge in [-0.15, -0.1) is 5.10 Å². The number of anilines is 1. The third-order valence-electron chi connectivity index (χ3n) is 2.12. The lowest BCUT2D eigenvalue weighted by molar-refractivity contribution is 0.222. The lowest BCUT2D eigenvalue weighted by atomic mass is 10.4. The first kappa shape index (κ1) is 12.2. The second-order valence-electron chi connectivity index (χ2n) is 3.90. The highest BCUT2D eigenvalue weighted by Crippen LogP contribution is 2.17. The predicted molar refractivity (Wildman–Crippen MR) is 64.7 cm³/mol. The van der Waals surface area contributed by atoms with Gasteiger partial charge >= 0.3 is 6.01 Å².